The Morgan fingerprint density at radius 2 is 0.920 bits per heavy atom. The zero-order chi connectivity index (χ0) is 18.0. The Bertz CT molecular complexity index is 814. The Balaban J connectivity index is 2.52. The van der Waals surface area contributed by atoms with E-state index in [2.05, 4.69) is 0 Å². The summed E-state index contributed by atoms with van der Waals surface area (Å²) in [6, 6.07) is 23.3. The van der Waals surface area contributed by atoms with Crippen molar-refractivity contribution in [2.45, 2.75) is 26.2 Å². The van der Waals surface area contributed by atoms with Gasteiger partial charge in [-0.3, -0.25) is 4.79 Å². The highest BCUT2D eigenvalue weighted by atomic mass is 16.4. The molecular weight excluding hydrogens is 308 g/mol. The minimum absolute atomic E-state index is 0.811. The zero-order valence-electron chi connectivity index (χ0n) is 14.8. The van der Waals surface area contributed by atoms with Gasteiger partial charge in [0.15, 0.2) is 0 Å². The predicted octanol–water partition coefficient (Wildman–Crippen LogP) is 5.03. The molecule has 3 aromatic carbocycles. The van der Waals surface area contributed by atoms with Crippen molar-refractivity contribution < 1.29 is 9.90 Å². The summed E-state index contributed by atoms with van der Waals surface area (Å²) < 4.78 is 0. The molecule has 0 atom stereocenters. The lowest BCUT2D eigenvalue weighted by Gasteiger charge is -2.35. The van der Waals surface area contributed by atoms with Gasteiger partial charge in [0, 0.05) is 0 Å². The summed E-state index contributed by atoms with van der Waals surface area (Å²) >= 11 is 0. The minimum Gasteiger partial charge on any atom is -0.480 e. The molecule has 0 saturated heterocycles. The van der Waals surface area contributed by atoms with Gasteiger partial charge in [-0.25, -0.2) is 0 Å². The molecule has 0 aliphatic carbocycles. The predicted molar refractivity (Wildman–Crippen MR) is 101 cm³/mol. The SMILES string of the molecule is Cc1ccccc1C(C(=O)O)(c1ccccc1C)c1ccccc1C. The molecule has 0 fully saturated rings. The maximum Gasteiger partial charge on any atom is 0.323 e. The highest BCUT2D eigenvalue weighted by Gasteiger charge is 2.46. The zero-order valence-corrected chi connectivity index (χ0v) is 14.8. The number of hydrogen-bond acceptors (Lipinski definition) is 1. The van der Waals surface area contributed by atoms with Crippen LogP contribution in [0.15, 0.2) is 72.8 Å². The standard InChI is InChI=1S/C23H22O2/c1-16-10-4-7-13-19(16)23(22(24)25,20-14-8-5-11-17(20)2)21-15-9-6-12-18(21)3/h4-15H,1-3H3,(H,24,25). The lowest BCUT2D eigenvalue weighted by molar-refractivity contribution is -0.140. The van der Waals surface area contributed by atoms with Crippen molar-refractivity contribution in [3.63, 3.8) is 0 Å². The molecule has 0 aliphatic heterocycles. The molecule has 0 unspecified atom stereocenters. The van der Waals surface area contributed by atoms with Crippen LogP contribution in [0.3, 0.4) is 0 Å². The molecule has 0 spiro atoms. The van der Waals surface area contributed by atoms with E-state index < -0.39 is 11.4 Å². The number of carboxylic acid groups (broad SMARTS) is 1. The normalized spacial score (nSPS) is 11.3. The number of aryl methyl sites for hydroxylation is 3. The molecule has 25 heavy (non-hydrogen) atoms. The van der Waals surface area contributed by atoms with E-state index >= 15 is 0 Å². The van der Waals surface area contributed by atoms with Crippen LogP contribution in [0.4, 0.5) is 0 Å². The van der Waals surface area contributed by atoms with Crippen molar-refractivity contribution in [2.75, 3.05) is 0 Å². The van der Waals surface area contributed by atoms with E-state index in [1.165, 1.54) is 0 Å². The summed E-state index contributed by atoms with van der Waals surface area (Å²) in [5.74, 6) is -0.856. The number of carboxylic acids is 1. The minimum atomic E-state index is -1.23. The Hall–Kier alpha value is -2.87. The third-order valence-electron chi connectivity index (χ3n) is 4.97. The van der Waals surface area contributed by atoms with Gasteiger partial charge in [-0.15, -0.1) is 0 Å². The third-order valence-corrected chi connectivity index (χ3v) is 4.97. The fourth-order valence-corrected chi connectivity index (χ4v) is 3.76. The molecule has 1 N–H and O–H groups in total. The molecule has 2 nitrogen and oxygen atoms in total. The van der Waals surface area contributed by atoms with Crippen LogP contribution in [0.25, 0.3) is 0 Å². The van der Waals surface area contributed by atoms with Crippen molar-refractivity contribution in [3.8, 4) is 0 Å². The van der Waals surface area contributed by atoms with Gasteiger partial charge in [-0.05, 0) is 54.2 Å². The summed E-state index contributed by atoms with van der Waals surface area (Å²) in [5.41, 5.74) is 4.11. The summed E-state index contributed by atoms with van der Waals surface area (Å²) in [4.78, 5) is 12.9. The quantitative estimate of drug-likeness (QED) is 0.681. The van der Waals surface area contributed by atoms with Crippen LogP contribution in [-0.2, 0) is 10.2 Å². The third kappa shape index (κ3) is 2.64. The maximum absolute atomic E-state index is 12.9. The highest BCUT2D eigenvalue weighted by molar-refractivity contribution is 5.92. The van der Waals surface area contributed by atoms with Gasteiger partial charge in [0.1, 0.15) is 5.41 Å². The molecule has 0 heterocycles. The van der Waals surface area contributed by atoms with Crippen molar-refractivity contribution >= 4 is 5.97 Å². The molecule has 0 aliphatic rings. The molecule has 3 aromatic rings. The average molecular weight is 330 g/mol. The lowest BCUT2D eigenvalue weighted by atomic mass is 9.66. The van der Waals surface area contributed by atoms with E-state index in [9.17, 15) is 9.90 Å². The van der Waals surface area contributed by atoms with Gasteiger partial charge in [0.05, 0.1) is 0 Å². The smallest absolute Gasteiger partial charge is 0.323 e. The monoisotopic (exact) mass is 330 g/mol. The van der Waals surface area contributed by atoms with E-state index in [0.717, 1.165) is 33.4 Å². The van der Waals surface area contributed by atoms with Crippen LogP contribution in [0.2, 0.25) is 0 Å². The molecule has 126 valence electrons. The van der Waals surface area contributed by atoms with Crippen LogP contribution < -0.4 is 0 Å². The van der Waals surface area contributed by atoms with E-state index in [4.69, 9.17) is 0 Å². The van der Waals surface area contributed by atoms with E-state index in [0.29, 0.717) is 0 Å². The first-order chi connectivity index (χ1) is 12.0. The molecule has 0 radical (unpaired) electrons. The van der Waals surface area contributed by atoms with Gasteiger partial charge < -0.3 is 5.11 Å². The number of hydrogen-bond donors (Lipinski definition) is 1. The molecule has 3 rings (SSSR count). The van der Waals surface area contributed by atoms with Crippen LogP contribution in [0.5, 0.6) is 0 Å². The molecule has 0 amide bonds. The Morgan fingerprint density at radius 1 is 0.640 bits per heavy atom. The van der Waals surface area contributed by atoms with Crippen molar-refractivity contribution in [1.82, 2.24) is 0 Å². The first-order valence-electron chi connectivity index (χ1n) is 8.41. The van der Waals surface area contributed by atoms with E-state index in [1.807, 2.05) is 93.6 Å². The number of rotatable bonds is 4. The number of benzene rings is 3. The average Bonchev–Trinajstić information content (AvgIpc) is 2.59. The molecule has 0 bridgehead atoms. The number of carbonyl (C=O) groups is 1. The second kappa shape index (κ2) is 6.56. The van der Waals surface area contributed by atoms with Crippen molar-refractivity contribution in [2.24, 2.45) is 0 Å². The summed E-state index contributed by atoms with van der Waals surface area (Å²) in [7, 11) is 0. The van der Waals surface area contributed by atoms with Crippen LogP contribution in [0, 0.1) is 20.8 Å². The molecular formula is C23H22O2. The highest BCUT2D eigenvalue weighted by Crippen LogP contribution is 2.43. The van der Waals surface area contributed by atoms with E-state index in [1.54, 1.807) is 0 Å². The fourth-order valence-electron chi connectivity index (χ4n) is 3.76. The van der Waals surface area contributed by atoms with Gasteiger partial charge >= 0.3 is 5.97 Å². The second-order valence-electron chi connectivity index (χ2n) is 6.50. The second-order valence-corrected chi connectivity index (χ2v) is 6.50. The first kappa shape index (κ1) is 17.0. The Labute approximate surface area is 148 Å². The molecule has 0 aromatic heterocycles. The van der Waals surface area contributed by atoms with Crippen LogP contribution in [0.1, 0.15) is 33.4 Å². The molecule has 2 heteroatoms. The van der Waals surface area contributed by atoms with Gasteiger partial charge in [0.2, 0.25) is 0 Å². The topological polar surface area (TPSA) is 37.3 Å². The lowest BCUT2D eigenvalue weighted by Crippen LogP contribution is -2.40. The number of aliphatic carboxylic acids is 1. The largest absolute Gasteiger partial charge is 0.480 e. The Kier molecular flexibility index (Phi) is 4.45. The molecule has 0 saturated carbocycles. The van der Waals surface area contributed by atoms with Gasteiger partial charge in [-0.1, -0.05) is 72.8 Å². The maximum atomic E-state index is 12.9. The van der Waals surface area contributed by atoms with Gasteiger partial charge in [-0.2, -0.15) is 0 Å². The van der Waals surface area contributed by atoms with Gasteiger partial charge in [0.25, 0.3) is 0 Å². The van der Waals surface area contributed by atoms with Crippen LogP contribution in [-0.4, -0.2) is 11.1 Å². The first-order valence-corrected chi connectivity index (χ1v) is 8.41. The summed E-state index contributed by atoms with van der Waals surface area (Å²) in [6.45, 7) is 5.93. The summed E-state index contributed by atoms with van der Waals surface area (Å²) in [5, 5.41) is 10.6. The van der Waals surface area contributed by atoms with Crippen LogP contribution >= 0.6 is 0 Å². The summed E-state index contributed by atoms with van der Waals surface area (Å²) in [6.07, 6.45) is 0. The fraction of sp³-hybridized carbons (Fsp3) is 0.174. The van der Waals surface area contributed by atoms with E-state index in [-0.39, 0.29) is 0 Å². The van der Waals surface area contributed by atoms with Crippen molar-refractivity contribution in [1.29, 1.82) is 0 Å². The van der Waals surface area contributed by atoms with Crippen molar-refractivity contribution in [3.05, 3.63) is 106 Å². The Morgan fingerprint density at radius 3 is 1.16 bits per heavy atom.